The van der Waals surface area contributed by atoms with E-state index < -0.39 is 13.1 Å². The van der Waals surface area contributed by atoms with Gasteiger partial charge in [0.25, 0.3) is 0 Å². The van der Waals surface area contributed by atoms with Crippen LogP contribution in [0.4, 0.5) is 4.48 Å². The number of nitrogens with zero attached hydrogens (tertiary/aromatic N) is 1. The molecule has 5 nitrogen and oxygen atoms in total. The number of methoxy groups -OCH3 is 1. The Morgan fingerprint density at radius 1 is 1.50 bits per heavy atom. The molecule has 0 aromatic heterocycles. The molecule has 0 saturated heterocycles. The second-order valence-corrected chi connectivity index (χ2v) is 3.02. The maximum absolute atomic E-state index is 11.1. The SMILES string of the molecule is COC(=O)c1ccccc1B(O)O.F[N]=[W]. The fourth-order valence-electron chi connectivity index (χ4n) is 1.02. The summed E-state index contributed by atoms with van der Waals surface area (Å²) in [5.41, 5.74) is 0.314. The summed E-state index contributed by atoms with van der Waals surface area (Å²) < 4.78 is 16.5. The number of ether oxygens (including phenoxy) is 1. The third-order valence-electron chi connectivity index (χ3n) is 1.64. The number of rotatable bonds is 2. The molecule has 0 bridgehead atoms. The van der Waals surface area contributed by atoms with Crippen molar-refractivity contribution in [3.05, 3.63) is 29.8 Å². The summed E-state index contributed by atoms with van der Waals surface area (Å²) in [7, 11) is -0.418. The Labute approximate surface area is 103 Å². The molecule has 0 saturated carbocycles. The van der Waals surface area contributed by atoms with Crippen LogP contribution < -0.4 is 5.46 Å². The zero-order valence-electron chi connectivity index (χ0n) is 8.33. The fourth-order valence-corrected chi connectivity index (χ4v) is 1.02. The summed E-state index contributed by atoms with van der Waals surface area (Å²) in [5.74, 6) is -0.580. The summed E-state index contributed by atoms with van der Waals surface area (Å²) in [6, 6.07) is 6.16. The van der Waals surface area contributed by atoms with E-state index in [2.05, 4.69) is 8.45 Å². The average Bonchev–Trinajstić information content (AvgIpc) is 2.29. The summed E-state index contributed by atoms with van der Waals surface area (Å²) >= 11 is 0.630. The second kappa shape index (κ2) is 8.27. The molecule has 2 N–H and O–H groups in total. The van der Waals surface area contributed by atoms with Crippen LogP contribution in [-0.4, -0.2) is 30.2 Å². The van der Waals surface area contributed by atoms with E-state index in [4.69, 9.17) is 10.0 Å². The molecule has 0 fully saturated rings. The molecular weight excluding hydrogens is 388 g/mol. The van der Waals surface area contributed by atoms with E-state index >= 15 is 0 Å². The van der Waals surface area contributed by atoms with E-state index in [-0.39, 0.29) is 11.0 Å². The normalized spacial score (nSPS) is 8.50. The van der Waals surface area contributed by atoms with Crippen LogP contribution >= 0.6 is 0 Å². The number of hydrogen-bond donors (Lipinski definition) is 2. The van der Waals surface area contributed by atoms with E-state index in [1.165, 1.54) is 19.2 Å². The first kappa shape index (κ1) is 15.1. The van der Waals surface area contributed by atoms with E-state index in [0.29, 0.717) is 19.6 Å². The molecule has 1 aromatic rings. The topological polar surface area (TPSA) is 79.1 Å². The first-order valence-electron chi connectivity index (χ1n) is 4.05. The van der Waals surface area contributed by atoms with Crippen molar-refractivity contribution in [3.8, 4) is 0 Å². The molecule has 86 valence electrons. The second-order valence-electron chi connectivity index (χ2n) is 2.52. The van der Waals surface area contributed by atoms with Crippen molar-refractivity contribution in [2.45, 2.75) is 0 Å². The molecular formula is C8H9BFNO4W. The summed E-state index contributed by atoms with van der Waals surface area (Å²) in [4.78, 5) is 11.1. The van der Waals surface area contributed by atoms with Crippen LogP contribution in [0.15, 0.2) is 28.0 Å². The molecule has 0 aliphatic carbocycles. The standard InChI is InChI=1S/C8H9BO4.FN.W/c1-13-8(10)6-4-2-3-5-7(6)9(11)12;1-2;/h2-5,11-12H,1H3;;. The van der Waals surface area contributed by atoms with Gasteiger partial charge in [-0.2, -0.15) is 0 Å². The molecule has 0 spiro atoms. The maximum atomic E-state index is 11.1. The molecule has 0 radical (unpaired) electrons. The molecule has 1 aromatic carbocycles. The van der Waals surface area contributed by atoms with E-state index in [1.54, 1.807) is 12.1 Å². The molecule has 8 heteroatoms. The first-order valence-corrected chi connectivity index (χ1v) is 5.36. The Hall–Kier alpha value is -0.907. The van der Waals surface area contributed by atoms with Gasteiger partial charge >= 0.3 is 40.9 Å². The first-order chi connectivity index (χ1) is 7.58. The number of carbonyl (C=O) groups is 1. The molecule has 0 aliphatic heterocycles. The Morgan fingerprint density at radius 3 is 2.44 bits per heavy atom. The van der Waals surface area contributed by atoms with Crippen LogP contribution in [0.5, 0.6) is 0 Å². The van der Waals surface area contributed by atoms with Gasteiger partial charge in [-0.3, -0.25) is 0 Å². The zero-order valence-corrected chi connectivity index (χ0v) is 11.3. The van der Waals surface area contributed by atoms with Gasteiger partial charge in [-0.1, -0.05) is 18.2 Å². The van der Waals surface area contributed by atoms with Crippen molar-refractivity contribution in [3.63, 3.8) is 0 Å². The molecule has 16 heavy (non-hydrogen) atoms. The predicted molar refractivity (Wildman–Crippen MR) is 51.1 cm³/mol. The van der Waals surface area contributed by atoms with E-state index in [9.17, 15) is 9.28 Å². The van der Waals surface area contributed by atoms with Crippen LogP contribution in [0.1, 0.15) is 10.4 Å². The van der Waals surface area contributed by atoms with Gasteiger partial charge in [0.15, 0.2) is 0 Å². The third-order valence-corrected chi connectivity index (χ3v) is 1.64. The van der Waals surface area contributed by atoms with Crippen LogP contribution in [0, 0.1) is 0 Å². The van der Waals surface area contributed by atoms with Crippen molar-refractivity contribution in [1.82, 2.24) is 0 Å². The zero-order chi connectivity index (χ0) is 12.6. The summed E-state index contributed by atoms with van der Waals surface area (Å²) in [6.07, 6.45) is 0. The van der Waals surface area contributed by atoms with Gasteiger partial charge in [0.2, 0.25) is 0 Å². The van der Waals surface area contributed by atoms with Gasteiger partial charge < -0.3 is 14.8 Å². The monoisotopic (exact) mass is 397 g/mol. The van der Waals surface area contributed by atoms with Gasteiger partial charge in [-0.25, -0.2) is 4.79 Å². The predicted octanol–water partition coefficient (Wildman–Crippen LogP) is -0.246. The molecule has 0 unspecified atom stereocenters. The fraction of sp³-hybridized carbons (Fsp3) is 0.125. The minimum absolute atomic E-state index is 0.148. The summed E-state index contributed by atoms with van der Waals surface area (Å²) in [5, 5.41) is 17.8. The molecule has 0 aliphatic rings. The molecule has 0 heterocycles. The number of hydrogen-bond acceptors (Lipinski definition) is 5. The van der Waals surface area contributed by atoms with Crippen molar-refractivity contribution in [2.75, 3.05) is 7.11 Å². The van der Waals surface area contributed by atoms with E-state index in [0.717, 1.165) is 0 Å². The molecule has 1 rings (SSSR count). The van der Waals surface area contributed by atoms with Gasteiger partial charge in [0, 0.05) is 0 Å². The minimum atomic E-state index is -1.66. The van der Waals surface area contributed by atoms with Crippen LogP contribution in [-0.2, 0) is 24.4 Å². The third kappa shape index (κ3) is 4.74. The number of benzene rings is 1. The number of esters is 1. The van der Waals surface area contributed by atoms with Crippen LogP contribution in [0.25, 0.3) is 0 Å². The Morgan fingerprint density at radius 2 is 2.00 bits per heavy atom. The van der Waals surface area contributed by atoms with Crippen LogP contribution in [0.2, 0.25) is 0 Å². The van der Waals surface area contributed by atoms with Crippen molar-refractivity contribution >= 4 is 18.6 Å². The van der Waals surface area contributed by atoms with E-state index in [1.807, 2.05) is 0 Å². The Bertz CT molecular complexity index is 364. The quantitative estimate of drug-likeness (QED) is 0.534. The van der Waals surface area contributed by atoms with Gasteiger partial charge in [-0.15, -0.1) is 0 Å². The van der Waals surface area contributed by atoms with Gasteiger partial charge in [0.1, 0.15) is 0 Å². The average molecular weight is 397 g/mol. The number of halogens is 1. The van der Waals surface area contributed by atoms with Crippen molar-refractivity contribution in [1.29, 1.82) is 0 Å². The van der Waals surface area contributed by atoms with Gasteiger partial charge in [0.05, 0.1) is 12.7 Å². The Kier molecular flexibility index (Phi) is 7.80. The van der Waals surface area contributed by atoms with Crippen molar-refractivity contribution < 1.29 is 43.7 Å². The molecule has 0 atom stereocenters. The van der Waals surface area contributed by atoms with Gasteiger partial charge in [-0.05, 0) is 11.5 Å². The van der Waals surface area contributed by atoms with Crippen LogP contribution in [0.3, 0.4) is 0 Å². The van der Waals surface area contributed by atoms with Crippen molar-refractivity contribution in [2.24, 2.45) is 3.72 Å². The molecule has 0 amide bonds. The Balaban J connectivity index is 0.000000673. The number of carbonyl (C=O) groups excluding carboxylic acids is 1. The summed E-state index contributed by atoms with van der Waals surface area (Å²) in [6.45, 7) is 0.